The normalized spacial score (nSPS) is 10.2. The van der Waals surface area contributed by atoms with Crippen molar-refractivity contribution in [2.24, 2.45) is 0 Å². The predicted octanol–water partition coefficient (Wildman–Crippen LogP) is 4.05. The number of hydrogen-bond donors (Lipinski definition) is 0. The molecule has 2 nitrogen and oxygen atoms in total. The van der Waals surface area contributed by atoms with Crippen molar-refractivity contribution in [2.45, 2.75) is 20.0 Å². The van der Waals surface area contributed by atoms with E-state index >= 15 is 0 Å². The minimum absolute atomic E-state index is 0.0897. The Morgan fingerprint density at radius 3 is 2.58 bits per heavy atom. The summed E-state index contributed by atoms with van der Waals surface area (Å²) in [6.45, 7) is 2.04. The minimum atomic E-state index is 0.0897. The number of ether oxygens (including phenoxy) is 1. The van der Waals surface area contributed by atoms with E-state index in [1.165, 1.54) is 0 Å². The Labute approximate surface area is 118 Å². The fourth-order valence-electron chi connectivity index (χ4n) is 1.83. The molecule has 2 rings (SSSR count). The molecule has 0 atom stereocenters. The summed E-state index contributed by atoms with van der Waals surface area (Å²) in [4.78, 5) is 11.3. The molecule has 0 saturated heterocycles. The SMILES string of the molecule is CC(=O)Cc1cc(Cl)ccc1OCc1ccccc1. The van der Waals surface area contributed by atoms with E-state index in [9.17, 15) is 4.79 Å². The van der Waals surface area contributed by atoms with Gasteiger partial charge in [0, 0.05) is 17.0 Å². The largest absolute Gasteiger partial charge is 0.489 e. The van der Waals surface area contributed by atoms with Gasteiger partial charge in [0.15, 0.2) is 0 Å². The number of Topliss-reactive ketones (excluding diaryl/α,β-unsaturated/α-hetero) is 1. The monoisotopic (exact) mass is 274 g/mol. The molecule has 0 bridgehead atoms. The Morgan fingerprint density at radius 1 is 1.16 bits per heavy atom. The Bertz CT molecular complexity index is 564. The number of benzene rings is 2. The molecule has 0 spiro atoms. The van der Waals surface area contributed by atoms with Gasteiger partial charge < -0.3 is 4.74 Å². The summed E-state index contributed by atoms with van der Waals surface area (Å²) in [6.07, 6.45) is 0.338. The van der Waals surface area contributed by atoms with Gasteiger partial charge in [-0.25, -0.2) is 0 Å². The van der Waals surface area contributed by atoms with E-state index in [0.717, 1.165) is 11.1 Å². The number of hydrogen-bond acceptors (Lipinski definition) is 2. The van der Waals surface area contributed by atoms with Crippen molar-refractivity contribution in [2.75, 3.05) is 0 Å². The fraction of sp³-hybridized carbons (Fsp3) is 0.188. The lowest BCUT2D eigenvalue weighted by Gasteiger charge is -2.11. The van der Waals surface area contributed by atoms with Crippen molar-refractivity contribution in [1.29, 1.82) is 0 Å². The number of rotatable bonds is 5. The van der Waals surface area contributed by atoms with Crippen LogP contribution in [0.3, 0.4) is 0 Å². The van der Waals surface area contributed by atoms with Gasteiger partial charge in [-0.1, -0.05) is 41.9 Å². The second kappa shape index (κ2) is 6.39. The van der Waals surface area contributed by atoms with E-state index < -0.39 is 0 Å². The lowest BCUT2D eigenvalue weighted by molar-refractivity contribution is -0.116. The van der Waals surface area contributed by atoms with Gasteiger partial charge in [0.25, 0.3) is 0 Å². The minimum Gasteiger partial charge on any atom is -0.489 e. The molecule has 0 amide bonds. The zero-order valence-electron chi connectivity index (χ0n) is 10.7. The average Bonchev–Trinajstić information content (AvgIpc) is 2.38. The van der Waals surface area contributed by atoms with E-state index in [4.69, 9.17) is 16.3 Å². The molecule has 0 fully saturated rings. The summed E-state index contributed by atoms with van der Waals surface area (Å²) >= 11 is 5.95. The van der Waals surface area contributed by atoms with Crippen molar-refractivity contribution in [1.82, 2.24) is 0 Å². The Balaban J connectivity index is 2.13. The van der Waals surface area contributed by atoms with Crippen LogP contribution in [0.5, 0.6) is 5.75 Å². The van der Waals surface area contributed by atoms with Gasteiger partial charge in [0.2, 0.25) is 0 Å². The maximum Gasteiger partial charge on any atom is 0.134 e. The van der Waals surface area contributed by atoms with Gasteiger partial charge in [-0.2, -0.15) is 0 Å². The molecule has 19 heavy (non-hydrogen) atoms. The highest BCUT2D eigenvalue weighted by Crippen LogP contribution is 2.24. The van der Waals surface area contributed by atoms with Crippen LogP contribution in [0, 0.1) is 0 Å². The first kappa shape index (κ1) is 13.6. The first-order valence-corrected chi connectivity index (χ1v) is 6.47. The molecule has 0 aromatic heterocycles. The smallest absolute Gasteiger partial charge is 0.134 e. The number of ketones is 1. The quantitative estimate of drug-likeness (QED) is 0.822. The third-order valence-electron chi connectivity index (χ3n) is 2.70. The van der Waals surface area contributed by atoms with E-state index in [1.807, 2.05) is 36.4 Å². The first-order chi connectivity index (χ1) is 9.15. The molecule has 0 aliphatic rings. The Hall–Kier alpha value is -1.80. The third kappa shape index (κ3) is 4.11. The third-order valence-corrected chi connectivity index (χ3v) is 2.93. The zero-order valence-corrected chi connectivity index (χ0v) is 11.5. The van der Waals surface area contributed by atoms with Crippen LogP contribution in [-0.2, 0) is 17.8 Å². The van der Waals surface area contributed by atoms with Crippen molar-refractivity contribution < 1.29 is 9.53 Å². The summed E-state index contributed by atoms with van der Waals surface area (Å²) in [5.41, 5.74) is 1.92. The van der Waals surface area contributed by atoms with Gasteiger partial charge in [-0.05, 0) is 30.7 Å². The summed E-state index contributed by atoms with van der Waals surface area (Å²) in [5.74, 6) is 0.801. The van der Waals surface area contributed by atoms with Crippen molar-refractivity contribution >= 4 is 17.4 Å². The molecule has 2 aromatic rings. The predicted molar refractivity (Wildman–Crippen MR) is 76.6 cm³/mol. The van der Waals surface area contributed by atoms with Crippen LogP contribution in [0.25, 0.3) is 0 Å². The fourth-order valence-corrected chi connectivity index (χ4v) is 2.03. The number of carbonyl (C=O) groups is 1. The first-order valence-electron chi connectivity index (χ1n) is 6.10. The Morgan fingerprint density at radius 2 is 1.89 bits per heavy atom. The highest BCUT2D eigenvalue weighted by molar-refractivity contribution is 6.30. The lowest BCUT2D eigenvalue weighted by Crippen LogP contribution is -2.02. The molecule has 0 radical (unpaired) electrons. The lowest BCUT2D eigenvalue weighted by atomic mass is 10.1. The van der Waals surface area contributed by atoms with Gasteiger partial charge >= 0.3 is 0 Å². The number of halogens is 1. The molecule has 98 valence electrons. The maximum absolute atomic E-state index is 11.3. The van der Waals surface area contributed by atoms with Gasteiger partial charge in [-0.3, -0.25) is 4.79 Å². The van der Waals surface area contributed by atoms with Gasteiger partial charge in [0.1, 0.15) is 18.1 Å². The second-order valence-electron chi connectivity index (χ2n) is 4.41. The number of carbonyl (C=O) groups excluding carboxylic acids is 1. The molecule has 0 aliphatic heterocycles. The summed E-state index contributed by atoms with van der Waals surface area (Å²) in [5, 5.41) is 0.614. The summed E-state index contributed by atoms with van der Waals surface area (Å²) < 4.78 is 5.77. The van der Waals surface area contributed by atoms with Crippen LogP contribution < -0.4 is 4.74 Å². The average molecular weight is 275 g/mol. The van der Waals surface area contributed by atoms with E-state index in [2.05, 4.69) is 0 Å². The molecular formula is C16H15ClO2. The highest BCUT2D eigenvalue weighted by Gasteiger charge is 2.07. The molecule has 0 unspecified atom stereocenters. The van der Waals surface area contributed by atoms with Crippen molar-refractivity contribution in [3.63, 3.8) is 0 Å². The molecular weight excluding hydrogens is 260 g/mol. The summed E-state index contributed by atoms with van der Waals surface area (Å²) in [6, 6.07) is 15.3. The topological polar surface area (TPSA) is 26.3 Å². The summed E-state index contributed by atoms with van der Waals surface area (Å²) in [7, 11) is 0. The van der Waals surface area contributed by atoms with Crippen LogP contribution in [0.4, 0.5) is 0 Å². The van der Waals surface area contributed by atoms with Crippen LogP contribution in [-0.4, -0.2) is 5.78 Å². The highest BCUT2D eigenvalue weighted by atomic mass is 35.5. The van der Waals surface area contributed by atoms with Crippen molar-refractivity contribution in [3.05, 3.63) is 64.7 Å². The molecule has 2 aromatic carbocycles. The maximum atomic E-state index is 11.3. The molecule has 0 N–H and O–H groups in total. The van der Waals surface area contributed by atoms with Gasteiger partial charge in [0.05, 0.1) is 0 Å². The van der Waals surface area contributed by atoms with E-state index in [0.29, 0.717) is 23.8 Å². The van der Waals surface area contributed by atoms with E-state index in [1.54, 1.807) is 19.1 Å². The Kier molecular flexibility index (Phi) is 4.58. The van der Waals surface area contributed by atoms with Crippen LogP contribution in [0.2, 0.25) is 5.02 Å². The molecule has 0 saturated carbocycles. The van der Waals surface area contributed by atoms with E-state index in [-0.39, 0.29) is 5.78 Å². The zero-order chi connectivity index (χ0) is 13.7. The molecule has 3 heteroatoms. The van der Waals surface area contributed by atoms with Crippen LogP contribution >= 0.6 is 11.6 Å². The second-order valence-corrected chi connectivity index (χ2v) is 4.84. The van der Waals surface area contributed by atoms with Crippen molar-refractivity contribution in [3.8, 4) is 5.75 Å². The molecule has 0 aliphatic carbocycles. The van der Waals surface area contributed by atoms with Crippen LogP contribution in [0.1, 0.15) is 18.1 Å². The van der Waals surface area contributed by atoms with Crippen LogP contribution in [0.15, 0.2) is 48.5 Å². The van der Waals surface area contributed by atoms with Gasteiger partial charge in [-0.15, -0.1) is 0 Å². The molecule has 0 heterocycles. The standard InChI is InChI=1S/C16H15ClO2/c1-12(18)9-14-10-15(17)7-8-16(14)19-11-13-5-3-2-4-6-13/h2-8,10H,9,11H2,1H3.